The second-order valence-corrected chi connectivity index (χ2v) is 5.91. The number of carbonyl (C=O) groups is 1. The summed E-state index contributed by atoms with van der Waals surface area (Å²) in [6.07, 6.45) is 1.60. The third-order valence-electron chi connectivity index (χ3n) is 2.55. The molecule has 0 radical (unpaired) electrons. The van der Waals surface area contributed by atoms with Gasteiger partial charge in [-0.15, -0.1) is 12.4 Å². The molecule has 1 aromatic heterocycles. The highest BCUT2D eigenvalue weighted by molar-refractivity contribution is 9.10. The Morgan fingerprint density at radius 2 is 2.11 bits per heavy atom. The topological polar surface area (TPSA) is 68.0 Å². The van der Waals surface area contributed by atoms with Crippen LogP contribution in [0, 0.1) is 5.41 Å². The van der Waals surface area contributed by atoms with Crippen LogP contribution in [0.2, 0.25) is 0 Å². The Labute approximate surface area is 122 Å². The molecule has 6 heteroatoms. The molecule has 1 amide bonds. The summed E-state index contributed by atoms with van der Waals surface area (Å²) in [4.78, 5) is 16.0. The van der Waals surface area contributed by atoms with Crippen LogP contribution in [0.3, 0.4) is 0 Å². The first-order valence-corrected chi connectivity index (χ1v) is 6.26. The van der Waals surface area contributed by atoms with Crippen LogP contribution in [-0.2, 0) is 0 Å². The zero-order chi connectivity index (χ0) is 13.1. The number of halogens is 2. The summed E-state index contributed by atoms with van der Waals surface area (Å²) in [6.45, 7) is 6.53. The Balaban J connectivity index is 0.00000289. The smallest absolute Gasteiger partial charge is 0.270 e. The van der Waals surface area contributed by atoms with Crippen molar-refractivity contribution in [3.8, 4) is 0 Å². The monoisotopic (exact) mass is 335 g/mol. The highest BCUT2D eigenvalue weighted by Crippen LogP contribution is 2.18. The van der Waals surface area contributed by atoms with Crippen molar-refractivity contribution in [1.29, 1.82) is 0 Å². The molecule has 0 fully saturated rings. The number of hydrogen-bond acceptors (Lipinski definition) is 3. The van der Waals surface area contributed by atoms with E-state index < -0.39 is 0 Å². The lowest BCUT2D eigenvalue weighted by Gasteiger charge is -2.30. The van der Waals surface area contributed by atoms with Gasteiger partial charge in [-0.25, -0.2) is 4.98 Å². The first kappa shape index (κ1) is 17.4. The number of nitrogens with one attached hydrogen (secondary N) is 1. The SMILES string of the molecule is CC(C)(C)C(CN)NC(=O)c1ccc(Br)cn1.Cl. The van der Waals surface area contributed by atoms with Crippen molar-refractivity contribution < 1.29 is 4.79 Å². The van der Waals surface area contributed by atoms with E-state index in [1.807, 2.05) is 20.8 Å². The first-order valence-electron chi connectivity index (χ1n) is 5.47. The van der Waals surface area contributed by atoms with Crippen LogP contribution in [0.15, 0.2) is 22.8 Å². The minimum absolute atomic E-state index is 0. The highest BCUT2D eigenvalue weighted by Gasteiger charge is 2.25. The van der Waals surface area contributed by atoms with Gasteiger partial charge in [0.05, 0.1) is 0 Å². The number of amides is 1. The fraction of sp³-hybridized carbons (Fsp3) is 0.500. The highest BCUT2D eigenvalue weighted by atomic mass is 79.9. The maximum atomic E-state index is 11.9. The van der Waals surface area contributed by atoms with E-state index in [-0.39, 0.29) is 29.8 Å². The molecular formula is C12H19BrClN3O. The lowest BCUT2D eigenvalue weighted by Crippen LogP contribution is -2.48. The summed E-state index contributed by atoms with van der Waals surface area (Å²) in [7, 11) is 0. The van der Waals surface area contributed by atoms with Crippen LogP contribution >= 0.6 is 28.3 Å². The van der Waals surface area contributed by atoms with Crippen molar-refractivity contribution in [2.24, 2.45) is 11.1 Å². The zero-order valence-corrected chi connectivity index (χ0v) is 13.1. The molecule has 1 aromatic rings. The molecule has 0 spiro atoms. The molecule has 0 bridgehead atoms. The van der Waals surface area contributed by atoms with Gasteiger partial charge < -0.3 is 11.1 Å². The van der Waals surface area contributed by atoms with Crippen LogP contribution in [0.25, 0.3) is 0 Å². The van der Waals surface area contributed by atoms with Gasteiger partial charge in [0.25, 0.3) is 5.91 Å². The van der Waals surface area contributed by atoms with Gasteiger partial charge in [0, 0.05) is 23.3 Å². The van der Waals surface area contributed by atoms with E-state index in [2.05, 4.69) is 26.2 Å². The van der Waals surface area contributed by atoms with Crippen molar-refractivity contribution >= 4 is 34.2 Å². The molecule has 3 N–H and O–H groups in total. The number of nitrogens with zero attached hydrogens (tertiary/aromatic N) is 1. The maximum Gasteiger partial charge on any atom is 0.270 e. The Morgan fingerprint density at radius 1 is 1.50 bits per heavy atom. The summed E-state index contributed by atoms with van der Waals surface area (Å²) >= 11 is 3.28. The van der Waals surface area contributed by atoms with Crippen LogP contribution < -0.4 is 11.1 Å². The van der Waals surface area contributed by atoms with Gasteiger partial charge in [-0.2, -0.15) is 0 Å². The summed E-state index contributed by atoms with van der Waals surface area (Å²) in [6, 6.07) is 3.40. The van der Waals surface area contributed by atoms with Crippen molar-refractivity contribution in [1.82, 2.24) is 10.3 Å². The van der Waals surface area contributed by atoms with Gasteiger partial charge in [0.2, 0.25) is 0 Å². The van der Waals surface area contributed by atoms with Crippen LogP contribution in [0.4, 0.5) is 0 Å². The van der Waals surface area contributed by atoms with Crippen LogP contribution in [0.1, 0.15) is 31.3 Å². The van der Waals surface area contributed by atoms with E-state index in [1.54, 1.807) is 18.3 Å². The number of carbonyl (C=O) groups excluding carboxylic acids is 1. The summed E-state index contributed by atoms with van der Waals surface area (Å²) in [5.74, 6) is -0.192. The van der Waals surface area contributed by atoms with Crippen LogP contribution in [0.5, 0.6) is 0 Å². The number of pyridine rings is 1. The minimum Gasteiger partial charge on any atom is -0.346 e. The van der Waals surface area contributed by atoms with Gasteiger partial charge in [0.15, 0.2) is 0 Å². The van der Waals surface area contributed by atoms with Crippen molar-refractivity contribution in [2.75, 3.05) is 6.54 Å². The third-order valence-corrected chi connectivity index (χ3v) is 3.02. The summed E-state index contributed by atoms with van der Waals surface area (Å²) in [5.41, 5.74) is 6.00. The Bertz CT molecular complexity index is 389. The van der Waals surface area contributed by atoms with Gasteiger partial charge in [-0.1, -0.05) is 20.8 Å². The van der Waals surface area contributed by atoms with E-state index in [1.165, 1.54) is 0 Å². The maximum absolute atomic E-state index is 11.9. The molecule has 1 rings (SSSR count). The number of hydrogen-bond donors (Lipinski definition) is 2. The Hall–Kier alpha value is -0.650. The van der Waals surface area contributed by atoms with Crippen molar-refractivity contribution in [3.63, 3.8) is 0 Å². The van der Waals surface area contributed by atoms with E-state index in [0.29, 0.717) is 12.2 Å². The minimum atomic E-state index is -0.192. The molecule has 0 saturated carbocycles. The average molecular weight is 337 g/mol. The third kappa shape index (κ3) is 4.92. The fourth-order valence-electron chi connectivity index (χ4n) is 1.37. The molecule has 18 heavy (non-hydrogen) atoms. The Kier molecular flexibility index (Phi) is 6.81. The molecule has 4 nitrogen and oxygen atoms in total. The average Bonchev–Trinajstić information content (AvgIpc) is 2.24. The molecule has 0 aromatic carbocycles. The second kappa shape index (κ2) is 7.07. The van der Waals surface area contributed by atoms with Gasteiger partial charge in [-0.05, 0) is 33.5 Å². The number of aromatic nitrogens is 1. The molecule has 0 saturated heterocycles. The van der Waals surface area contributed by atoms with Crippen molar-refractivity contribution in [3.05, 3.63) is 28.5 Å². The summed E-state index contributed by atoms with van der Waals surface area (Å²) in [5, 5.41) is 2.90. The zero-order valence-electron chi connectivity index (χ0n) is 10.7. The van der Waals surface area contributed by atoms with Crippen LogP contribution in [-0.4, -0.2) is 23.5 Å². The lowest BCUT2D eigenvalue weighted by molar-refractivity contribution is 0.0900. The molecule has 0 aliphatic rings. The van der Waals surface area contributed by atoms with E-state index in [4.69, 9.17) is 5.73 Å². The normalized spacial score (nSPS) is 12.5. The van der Waals surface area contributed by atoms with Gasteiger partial charge in [-0.3, -0.25) is 4.79 Å². The molecular weight excluding hydrogens is 318 g/mol. The van der Waals surface area contributed by atoms with Crippen molar-refractivity contribution in [2.45, 2.75) is 26.8 Å². The Morgan fingerprint density at radius 3 is 2.50 bits per heavy atom. The predicted molar refractivity (Wildman–Crippen MR) is 78.9 cm³/mol. The quantitative estimate of drug-likeness (QED) is 0.890. The number of nitrogens with two attached hydrogens (primary N) is 1. The van der Waals surface area contributed by atoms with Gasteiger partial charge >= 0.3 is 0 Å². The van der Waals surface area contributed by atoms with E-state index >= 15 is 0 Å². The molecule has 0 aliphatic carbocycles. The lowest BCUT2D eigenvalue weighted by atomic mass is 9.86. The molecule has 1 unspecified atom stereocenters. The largest absolute Gasteiger partial charge is 0.346 e. The molecule has 0 aliphatic heterocycles. The summed E-state index contributed by atoms with van der Waals surface area (Å²) < 4.78 is 0.847. The fourth-order valence-corrected chi connectivity index (χ4v) is 1.61. The molecule has 1 heterocycles. The number of rotatable bonds is 3. The predicted octanol–water partition coefficient (Wildman–Crippen LogP) is 2.37. The molecule has 1 atom stereocenters. The standard InChI is InChI=1S/C12H18BrN3O.ClH/c1-12(2,3)10(6-14)16-11(17)9-5-4-8(13)7-15-9;/h4-5,7,10H,6,14H2,1-3H3,(H,16,17);1H. The molecule has 102 valence electrons. The van der Waals surface area contributed by atoms with E-state index in [9.17, 15) is 4.79 Å². The first-order chi connectivity index (χ1) is 7.84. The van der Waals surface area contributed by atoms with E-state index in [0.717, 1.165) is 4.47 Å². The van der Waals surface area contributed by atoms with Gasteiger partial charge in [0.1, 0.15) is 5.69 Å². The second-order valence-electron chi connectivity index (χ2n) is 4.99.